The van der Waals surface area contributed by atoms with Crippen LogP contribution in [0.4, 0.5) is 0 Å². The van der Waals surface area contributed by atoms with Gasteiger partial charge in [-0.15, -0.1) is 11.3 Å². The van der Waals surface area contributed by atoms with Gasteiger partial charge in [0, 0.05) is 23.7 Å². The van der Waals surface area contributed by atoms with Crippen LogP contribution in [0.25, 0.3) is 0 Å². The molecule has 0 radical (unpaired) electrons. The largest absolute Gasteiger partial charge is 0.322 e. The normalized spacial score (nSPS) is 12.6. The summed E-state index contributed by atoms with van der Waals surface area (Å²) in [5, 5.41) is 0. The van der Waals surface area contributed by atoms with Crippen molar-refractivity contribution >= 4 is 11.3 Å². The van der Waals surface area contributed by atoms with Crippen LogP contribution in [0.2, 0.25) is 0 Å². The smallest absolute Gasteiger partial charge is 0.115 e. The first-order valence-corrected chi connectivity index (χ1v) is 5.13. The molecular weight excluding hydrogens is 196 g/mol. The van der Waals surface area contributed by atoms with E-state index >= 15 is 0 Å². The van der Waals surface area contributed by atoms with E-state index in [0.29, 0.717) is 0 Å². The summed E-state index contributed by atoms with van der Waals surface area (Å²) in [5.74, 6) is 0. The van der Waals surface area contributed by atoms with Crippen molar-refractivity contribution in [2.75, 3.05) is 0 Å². The van der Waals surface area contributed by atoms with E-state index in [2.05, 4.69) is 15.0 Å². The van der Waals surface area contributed by atoms with Gasteiger partial charge in [-0.05, 0) is 6.07 Å². The molecule has 0 aromatic carbocycles. The monoisotopic (exact) mass is 206 g/mol. The maximum atomic E-state index is 5.97. The molecule has 0 saturated carbocycles. The predicted molar refractivity (Wildman–Crippen MR) is 54.8 cm³/mol. The molecule has 0 fully saturated rings. The molecule has 72 valence electrons. The van der Waals surface area contributed by atoms with E-state index in [0.717, 1.165) is 12.1 Å². The lowest BCUT2D eigenvalue weighted by atomic mass is 10.1. The number of rotatable bonds is 3. The molecule has 4 nitrogen and oxygen atoms in total. The van der Waals surface area contributed by atoms with Crippen molar-refractivity contribution in [2.45, 2.75) is 12.5 Å². The second kappa shape index (κ2) is 4.26. The Bertz CT molecular complexity index is 373. The minimum Gasteiger partial charge on any atom is -0.322 e. The van der Waals surface area contributed by atoms with Crippen LogP contribution in [-0.2, 0) is 6.42 Å². The molecule has 0 aliphatic heterocycles. The van der Waals surface area contributed by atoms with Crippen molar-refractivity contribution in [1.29, 1.82) is 0 Å². The minimum atomic E-state index is -0.0709. The second-order valence-corrected chi connectivity index (χ2v) is 3.88. The topological polar surface area (TPSA) is 64.7 Å². The van der Waals surface area contributed by atoms with Crippen LogP contribution >= 0.6 is 11.3 Å². The lowest BCUT2D eigenvalue weighted by molar-refractivity contribution is 0.699. The van der Waals surface area contributed by atoms with Crippen molar-refractivity contribution in [1.82, 2.24) is 15.0 Å². The molecule has 1 unspecified atom stereocenters. The summed E-state index contributed by atoms with van der Waals surface area (Å²) in [5.41, 5.74) is 8.65. The highest BCUT2D eigenvalue weighted by atomic mass is 32.1. The van der Waals surface area contributed by atoms with Crippen LogP contribution in [0.5, 0.6) is 0 Å². The molecular formula is C9H10N4S. The van der Waals surface area contributed by atoms with Gasteiger partial charge in [-0.3, -0.25) is 4.98 Å². The molecule has 2 heterocycles. The van der Waals surface area contributed by atoms with Gasteiger partial charge in [-0.25, -0.2) is 9.97 Å². The summed E-state index contributed by atoms with van der Waals surface area (Å²) in [6.07, 6.45) is 5.84. The van der Waals surface area contributed by atoms with Crippen LogP contribution in [0.1, 0.15) is 16.6 Å². The van der Waals surface area contributed by atoms with E-state index in [-0.39, 0.29) is 6.04 Å². The summed E-state index contributed by atoms with van der Waals surface area (Å²) in [4.78, 5) is 13.1. The van der Waals surface area contributed by atoms with E-state index in [1.54, 1.807) is 17.5 Å². The first kappa shape index (κ1) is 9.23. The summed E-state index contributed by atoms with van der Waals surface area (Å²) in [6.45, 7) is 0. The Morgan fingerprint density at radius 2 is 2.36 bits per heavy atom. The summed E-state index contributed by atoms with van der Waals surface area (Å²) in [6, 6.07) is 1.77. The fraction of sp³-hybridized carbons (Fsp3) is 0.222. The fourth-order valence-corrected chi connectivity index (χ4v) is 1.84. The zero-order valence-electron chi connectivity index (χ0n) is 7.50. The highest BCUT2D eigenvalue weighted by Gasteiger charge is 2.08. The molecule has 5 heteroatoms. The van der Waals surface area contributed by atoms with Gasteiger partial charge in [0.1, 0.15) is 6.33 Å². The van der Waals surface area contributed by atoms with Crippen LogP contribution in [-0.4, -0.2) is 15.0 Å². The molecule has 2 aromatic rings. The Balaban J connectivity index is 2.07. The lowest BCUT2D eigenvalue weighted by Crippen LogP contribution is -2.14. The third kappa shape index (κ3) is 2.12. The molecule has 0 amide bonds. The Morgan fingerprint density at radius 3 is 3.00 bits per heavy atom. The Hall–Kier alpha value is -1.33. The molecule has 1 atom stereocenters. The lowest BCUT2D eigenvalue weighted by Gasteiger charge is -2.07. The fourth-order valence-electron chi connectivity index (χ4n) is 1.18. The third-order valence-corrected chi connectivity index (χ3v) is 2.69. The average Bonchev–Trinajstić information content (AvgIpc) is 2.72. The van der Waals surface area contributed by atoms with Crippen LogP contribution in [0.3, 0.4) is 0 Å². The summed E-state index contributed by atoms with van der Waals surface area (Å²) >= 11 is 1.61. The van der Waals surface area contributed by atoms with Crippen LogP contribution < -0.4 is 5.73 Å². The number of aromatic nitrogens is 3. The molecule has 2 N–H and O–H groups in total. The standard InChI is InChI=1S/C9H10N4S/c10-8(3-7-4-12-6-14-7)9-1-2-11-5-13-9/h1-2,4-6,8H,3,10H2. The number of hydrogen-bond donors (Lipinski definition) is 1. The highest BCUT2D eigenvalue weighted by Crippen LogP contribution is 2.15. The highest BCUT2D eigenvalue weighted by molar-refractivity contribution is 7.09. The van der Waals surface area contributed by atoms with Crippen molar-refractivity contribution in [2.24, 2.45) is 5.73 Å². The number of hydrogen-bond acceptors (Lipinski definition) is 5. The number of nitrogens with two attached hydrogens (primary N) is 1. The SMILES string of the molecule is NC(Cc1cncs1)c1ccncn1. The first-order valence-electron chi connectivity index (χ1n) is 4.25. The maximum absolute atomic E-state index is 5.97. The van der Waals surface area contributed by atoms with E-state index < -0.39 is 0 Å². The molecule has 14 heavy (non-hydrogen) atoms. The van der Waals surface area contributed by atoms with Crippen molar-refractivity contribution in [3.63, 3.8) is 0 Å². The first-order chi connectivity index (χ1) is 6.86. The van der Waals surface area contributed by atoms with Gasteiger partial charge < -0.3 is 5.73 Å². The molecule has 2 aromatic heterocycles. The number of thiazole rings is 1. The molecule has 0 spiro atoms. The van der Waals surface area contributed by atoms with Crippen molar-refractivity contribution in [3.8, 4) is 0 Å². The van der Waals surface area contributed by atoms with Gasteiger partial charge in [-0.1, -0.05) is 0 Å². The van der Waals surface area contributed by atoms with Gasteiger partial charge in [0.2, 0.25) is 0 Å². The Labute approximate surface area is 85.9 Å². The zero-order chi connectivity index (χ0) is 9.80. The van der Waals surface area contributed by atoms with Gasteiger partial charge >= 0.3 is 0 Å². The van der Waals surface area contributed by atoms with Gasteiger partial charge in [0.15, 0.2) is 0 Å². The summed E-state index contributed by atoms with van der Waals surface area (Å²) < 4.78 is 0. The van der Waals surface area contributed by atoms with Crippen molar-refractivity contribution < 1.29 is 0 Å². The number of nitrogens with zero attached hydrogens (tertiary/aromatic N) is 3. The molecule has 0 aliphatic rings. The van der Waals surface area contributed by atoms with Crippen LogP contribution in [0.15, 0.2) is 30.3 Å². The van der Waals surface area contributed by atoms with Crippen molar-refractivity contribution in [3.05, 3.63) is 40.9 Å². The van der Waals surface area contributed by atoms with E-state index in [1.165, 1.54) is 11.2 Å². The van der Waals surface area contributed by atoms with E-state index in [9.17, 15) is 0 Å². The molecule has 2 rings (SSSR count). The third-order valence-electron chi connectivity index (χ3n) is 1.89. The summed E-state index contributed by atoms with van der Waals surface area (Å²) in [7, 11) is 0. The van der Waals surface area contributed by atoms with Gasteiger partial charge in [0.25, 0.3) is 0 Å². The Morgan fingerprint density at radius 1 is 1.43 bits per heavy atom. The van der Waals surface area contributed by atoms with E-state index in [4.69, 9.17) is 5.73 Å². The minimum absolute atomic E-state index is 0.0709. The van der Waals surface area contributed by atoms with Gasteiger partial charge in [0.05, 0.1) is 17.2 Å². The van der Waals surface area contributed by atoms with Gasteiger partial charge in [-0.2, -0.15) is 0 Å². The second-order valence-electron chi connectivity index (χ2n) is 2.91. The van der Waals surface area contributed by atoms with E-state index in [1.807, 2.05) is 17.8 Å². The molecule has 0 saturated heterocycles. The van der Waals surface area contributed by atoms with Crippen LogP contribution in [0, 0.1) is 0 Å². The Kier molecular flexibility index (Phi) is 2.81. The molecule has 0 bridgehead atoms. The average molecular weight is 206 g/mol. The maximum Gasteiger partial charge on any atom is 0.115 e. The quantitative estimate of drug-likeness (QED) is 0.818. The molecule has 0 aliphatic carbocycles. The predicted octanol–water partition coefficient (Wildman–Crippen LogP) is 1.18. The zero-order valence-corrected chi connectivity index (χ0v) is 8.31.